The summed E-state index contributed by atoms with van der Waals surface area (Å²) < 4.78 is 5.68. The van der Waals surface area contributed by atoms with E-state index in [0.29, 0.717) is 6.04 Å². The average molecular weight is 293 g/mol. The molecule has 1 aliphatic heterocycles. The summed E-state index contributed by atoms with van der Waals surface area (Å²) in [6.07, 6.45) is 4.40. The van der Waals surface area contributed by atoms with E-state index in [0.717, 1.165) is 17.5 Å². The van der Waals surface area contributed by atoms with E-state index >= 15 is 0 Å². The standard InChI is InChI=1S/C17H27NOS/c1-13(2)19-16-9-7-15(8-10-16)14(3)18-12-17-6-4-5-11-20-17/h7-10,13-14,17-18H,4-6,11-12H2,1-3H3. The molecular formula is C17H27NOS. The van der Waals surface area contributed by atoms with Crippen molar-refractivity contribution in [3.63, 3.8) is 0 Å². The van der Waals surface area contributed by atoms with Crippen LogP contribution in [0.5, 0.6) is 5.75 Å². The van der Waals surface area contributed by atoms with Gasteiger partial charge >= 0.3 is 0 Å². The monoisotopic (exact) mass is 293 g/mol. The van der Waals surface area contributed by atoms with Gasteiger partial charge in [-0.15, -0.1) is 0 Å². The number of hydrogen-bond acceptors (Lipinski definition) is 3. The first kappa shape index (κ1) is 15.7. The molecule has 0 saturated carbocycles. The molecule has 3 heteroatoms. The molecule has 0 aromatic heterocycles. The fourth-order valence-electron chi connectivity index (χ4n) is 2.50. The molecular weight excluding hydrogens is 266 g/mol. The summed E-state index contributed by atoms with van der Waals surface area (Å²) in [4.78, 5) is 0. The van der Waals surface area contributed by atoms with Crippen LogP contribution in [-0.4, -0.2) is 23.7 Å². The molecule has 1 fully saturated rings. The SMILES string of the molecule is CC(C)Oc1ccc(C(C)NCC2CCCCS2)cc1. The van der Waals surface area contributed by atoms with E-state index in [-0.39, 0.29) is 6.10 Å². The molecule has 0 amide bonds. The molecule has 1 N–H and O–H groups in total. The normalized spacial score (nSPS) is 20.9. The van der Waals surface area contributed by atoms with Crippen molar-refractivity contribution in [3.8, 4) is 5.75 Å². The van der Waals surface area contributed by atoms with Crippen LogP contribution < -0.4 is 10.1 Å². The molecule has 2 rings (SSSR count). The summed E-state index contributed by atoms with van der Waals surface area (Å²) in [7, 11) is 0. The summed E-state index contributed by atoms with van der Waals surface area (Å²) in [5, 5.41) is 4.47. The zero-order chi connectivity index (χ0) is 14.4. The Balaban J connectivity index is 1.80. The summed E-state index contributed by atoms with van der Waals surface area (Å²) >= 11 is 2.13. The lowest BCUT2D eigenvalue weighted by Crippen LogP contribution is -2.28. The molecule has 0 spiro atoms. The van der Waals surface area contributed by atoms with Gasteiger partial charge in [-0.25, -0.2) is 0 Å². The van der Waals surface area contributed by atoms with Crippen LogP contribution >= 0.6 is 11.8 Å². The second kappa shape index (κ2) is 7.94. The van der Waals surface area contributed by atoms with Gasteiger partial charge in [-0.2, -0.15) is 11.8 Å². The summed E-state index contributed by atoms with van der Waals surface area (Å²) in [6.45, 7) is 7.47. The maximum Gasteiger partial charge on any atom is 0.119 e. The van der Waals surface area contributed by atoms with Crippen LogP contribution in [0, 0.1) is 0 Å². The van der Waals surface area contributed by atoms with Crippen molar-refractivity contribution in [2.75, 3.05) is 12.3 Å². The van der Waals surface area contributed by atoms with E-state index in [9.17, 15) is 0 Å². The van der Waals surface area contributed by atoms with E-state index in [2.05, 4.69) is 62.1 Å². The van der Waals surface area contributed by atoms with E-state index in [1.807, 2.05) is 0 Å². The third kappa shape index (κ3) is 5.02. The summed E-state index contributed by atoms with van der Waals surface area (Å²) in [5.74, 6) is 2.29. The van der Waals surface area contributed by atoms with Crippen molar-refractivity contribution in [2.24, 2.45) is 0 Å². The summed E-state index contributed by atoms with van der Waals surface area (Å²) in [5.41, 5.74) is 1.34. The molecule has 2 unspecified atom stereocenters. The predicted octanol–water partition coefficient (Wildman–Crippen LogP) is 4.41. The zero-order valence-electron chi connectivity index (χ0n) is 12.9. The van der Waals surface area contributed by atoms with Gasteiger partial charge in [-0.1, -0.05) is 18.6 Å². The molecule has 1 aromatic rings. The third-order valence-corrected chi connectivity index (χ3v) is 5.08. The van der Waals surface area contributed by atoms with Gasteiger partial charge in [0.1, 0.15) is 5.75 Å². The van der Waals surface area contributed by atoms with Crippen molar-refractivity contribution in [3.05, 3.63) is 29.8 Å². The molecule has 0 aliphatic carbocycles. The lowest BCUT2D eigenvalue weighted by molar-refractivity contribution is 0.242. The highest BCUT2D eigenvalue weighted by Gasteiger charge is 2.15. The van der Waals surface area contributed by atoms with Crippen LogP contribution in [0.2, 0.25) is 0 Å². The van der Waals surface area contributed by atoms with Crippen LogP contribution in [0.25, 0.3) is 0 Å². The van der Waals surface area contributed by atoms with Crippen molar-refractivity contribution < 1.29 is 4.74 Å². The fraction of sp³-hybridized carbons (Fsp3) is 0.647. The molecule has 0 radical (unpaired) electrons. The highest BCUT2D eigenvalue weighted by molar-refractivity contribution is 7.99. The number of nitrogens with one attached hydrogen (secondary N) is 1. The van der Waals surface area contributed by atoms with Crippen molar-refractivity contribution in [1.29, 1.82) is 0 Å². The van der Waals surface area contributed by atoms with Gasteiger partial charge in [-0.05, 0) is 57.1 Å². The van der Waals surface area contributed by atoms with Crippen molar-refractivity contribution in [1.82, 2.24) is 5.32 Å². The van der Waals surface area contributed by atoms with E-state index in [1.165, 1.54) is 30.6 Å². The van der Waals surface area contributed by atoms with Crippen molar-refractivity contribution >= 4 is 11.8 Å². The Morgan fingerprint density at radius 2 is 1.95 bits per heavy atom. The third-order valence-electron chi connectivity index (χ3n) is 3.68. The fourth-order valence-corrected chi connectivity index (χ4v) is 3.75. The first-order chi connectivity index (χ1) is 9.65. The highest BCUT2D eigenvalue weighted by Crippen LogP contribution is 2.25. The molecule has 1 saturated heterocycles. The van der Waals surface area contributed by atoms with Crippen LogP contribution in [0.4, 0.5) is 0 Å². The first-order valence-electron chi connectivity index (χ1n) is 7.77. The number of benzene rings is 1. The van der Waals surface area contributed by atoms with Gasteiger partial charge in [0.15, 0.2) is 0 Å². The first-order valence-corrected chi connectivity index (χ1v) is 8.81. The van der Waals surface area contributed by atoms with Crippen LogP contribution in [-0.2, 0) is 0 Å². The Hall–Kier alpha value is -0.670. The Labute approximate surface area is 127 Å². The van der Waals surface area contributed by atoms with Gasteiger partial charge in [0, 0.05) is 17.8 Å². The van der Waals surface area contributed by atoms with Gasteiger partial charge in [0.2, 0.25) is 0 Å². The summed E-state index contributed by atoms with van der Waals surface area (Å²) in [6, 6.07) is 8.89. The zero-order valence-corrected chi connectivity index (χ0v) is 13.7. The Bertz CT molecular complexity index is 384. The molecule has 112 valence electrons. The minimum Gasteiger partial charge on any atom is -0.491 e. The minimum atomic E-state index is 0.236. The maximum absolute atomic E-state index is 5.68. The van der Waals surface area contributed by atoms with E-state index in [4.69, 9.17) is 4.74 Å². The van der Waals surface area contributed by atoms with Crippen molar-refractivity contribution in [2.45, 2.75) is 57.4 Å². The van der Waals surface area contributed by atoms with Crippen LogP contribution in [0.15, 0.2) is 24.3 Å². The Morgan fingerprint density at radius 3 is 2.55 bits per heavy atom. The lowest BCUT2D eigenvalue weighted by atomic mass is 10.1. The quantitative estimate of drug-likeness (QED) is 0.839. The van der Waals surface area contributed by atoms with E-state index < -0.39 is 0 Å². The molecule has 2 atom stereocenters. The maximum atomic E-state index is 5.68. The topological polar surface area (TPSA) is 21.3 Å². The lowest BCUT2D eigenvalue weighted by Gasteiger charge is -2.24. The molecule has 20 heavy (non-hydrogen) atoms. The smallest absolute Gasteiger partial charge is 0.119 e. The van der Waals surface area contributed by atoms with Gasteiger partial charge in [0.05, 0.1) is 6.10 Å². The minimum absolute atomic E-state index is 0.236. The molecule has 0 bridgehead atoms. The largest absolute Gasteiger partial charge is 0.491 e. The molecule has 1 aliphatic rings. The second-order valence-corrected chi connectivity index (χ2v) is 7.26. The number of hydrogen-bond donors (Lipinski definition) is 1. The Morgan fingerprint density at radius 1 is 1.20 bits per heavy atom. The molecule has 2 nitrogen and oxygen atoms in total. The number of rotatable bonds is 6. The second-order valence-electron chi connectivity index (χ2n) is 5.85. The van der Waals surface area contributed by atoms with E-state index in [1.54, 1.807) is 0 Å². The number of thioether (sulfide) groups is 1. The average Bonchev–Trinajstić information content (AvgIpc) is 2.46. The van der Waals surface area contributed by atoms with Crippen LogP contribution in [0.3, 0.4) is 0 Å². The highest BCUT2D eigenvalue weighted by atomic mass is 32.2. The van der Waals surface area contributed by atoms with Gasteiger partial charge < -0.3 is 10.1 Å². The molecule has 1 heterocycles. The predicted molar refractivity (Wildman–Crippen MR) is 88.7 cm³/mol. The number of ether oxygens (including phenoxy) is 1. The molecule has 1 aromatic carbocycles. The van der Waals surface area contributed by atoms with Gasteiger partial charge in [0.25, 0.3) is 0 Å². The Kier molecular flexibility index (Phi) is 6.24. The van der Waals surface area contributed by atoms with Crippen LogP contribution in [0.1, 0.15) is 51.6 Å². The van der Waals surface area contributed by atoms with Gasteiger partial charge in [-0.3, -0.25) is 0 Å².